The zero-order valence-corrected chi connectivity index (χ0v) is 14.8. The van der Waals surface area contributed by atoms with E-state index in [2.05, 4.69) is 5.32 Å². The van der Waals surface area contributed by atoms with E-state index in [1.54, 1.807) is 6.08 Å². The van der Waals surface area contributed by atoms with Crippen molar-refractivity contribution >= 4 is 40.7 Å². The number of anilines is 1. The molecule has 0 unspecified atom stereocenters. The number of thiophene rings is 1. The molecule has 8 nitrogen and oxygen atoms in total. The first-order valence-electron chi connectivity index (χ1n) is 7.46. The largest absolute Gasteiger partial charge is 0.494 e. The summed E-state index contributed by atoms with van der Waals surface area (Å²) in [5.41, 5.74) is 0.0677. The molecule has 2 rings (SSSR count). The number of ether oxygens (including phenoxy) is 2. The molecule has 1 N–H and O–H groups in total. The second-order valence-corrected chi connectivity index (χ2v) is 6.04. The van der Waals surface area contributed by atoms with Gasteiger partial charge in [0.2, 0.25) is 0 Å². The van der Waals surface area contributed by atoms with Gasteiger partial charge in [0.1, 0.15) is 5.75 Å². The summed E-state index contributed by atoms with van der Waals surface area (Å²) in [5, 5.41) is 15.2. The topological polar surface area (TPSA) is 108 Å². The minimum Gasteiger partial charge on any atom is -0.494 e. The number of hydrogen-bond donors (Lipinski definition) is 1. The number of nitrogens with one attached hydrogen (secondary N) is 1. The van der Waals surface area contributed by atoms with Gasteiger partial charge in [-0.05, 0) is 30.5 Å². The minimum atomic E-state index is -1.06. The number of non-ortho nitro benzene ring substituents is 1. The van der Waals surface area contributed by atoms with Crippen molar-refractivity contribution in [2.75, 3.05) is 12.4 Å². The lowest BCUT2D eigenvalue weighted by Gasteiger charge is -2.14. The van der Waals surface area contributed by atoms with Gasteiger partial charge in [-0.15, -0.1) is 11.3 Å². The molecule has 1 amide bonds. The van der Waals surface area contributed by atoms with Gasteiger partial charge in [-0.25, -0.2) is 4.79 Å². The molecule has 0 bridgehead atoms. The normalized spacial score (nSPS) is 11.8. The Labute approximate surface area is 153 Å². The Morgan fingerprint density at radius 1 is 1.35 bits per heavy atom. The fraction of sp³-hybridized carbons (Fsp3) is 0.176. The number of rotatable bonds is 7. The zero-order valence-electron chi connectivity index (χ0n) is 14.0. The number of amides is 1. The molecule has 1 aromatic carbocycles. The summed E-state index contributed by atoms with van der Waals surface area (Å²) >= 11 is 1.46. The number of benzene rings is 1. The Balaban J connectivity index is 1.98. The second-order valence-electron chi connectivity index (χ2n) is 5.06. The quantitative estimate of drug-likeness (QED) is 0.344. The lowest BCUT2D eigenvalue weighted by molar-refractivity contribution is -0.384. The third kappa shape index (κ3) is 5.15. The van der Waals surface area contributed by atoms with Crippen LogP contribution in [0.3, 0.4) is 0 Å². The number of nitro groups is 1. The summed E-state index contributed by atoms with van der Waals surface area (Å²) in [6.07, 6.45) is 1.77. The third-order valence-electron chi connectivity index (χ3n) is 3.24. The number of carbonyl (C=O) groups excluding carboxylic acids is 2. The van der Waals surface area contributed by atoms with E-state index < -0.39 is 22.9 Å². The van der Waals surface area contributed by atoms with Gasteiger partial charge in [-0.2, -0.15) is 0 Å². The van der Waals surface area contributed by atoms with Crippen LogP contribution in [0.1, 0.15) is 11.8 Å². The number of hydrogen-bond acceptors (Lipinski definition) is 7. The lowest BCUT2D eigenvalue weighted by Crippen LogP contribution is -2.29. The van der Waals surface area contributed by atoms with Crippen molar-refractivity contribution in [3.05, 3.63) is 56.8 Å². The molecule has 2 aromatic rings. The smallest absolute Gasteiger partial charge is 0.331 e. The van der Waals surface area contributed by atoms with Crippen LogP contribution < -0.4 is 10.1 Å². The predicted octanol–water partition coefficient (Wildman–Crippen LogP) is 3.25. The van der Waals surface area contributed by atoms with Gasteiger partial charge >= 0.3 is 5.97 Å². The SMILES string of the molecule is COc1cc([N+](=O)[O-])ccc1NC(=O)[C@@H](C)OC(=O)/C=C/c1cccs1. The van der Waals surface area contributed by atoms with E-state index in [0.29, 0.717) is 0 Å². The van der Waals surface area contributed by atoms with Crippen LogP contribution in [0.15, 0.2) is 41.8 Å². The number of esters is 1. The van der Waals surface area contributed by atoms with E-state index in [1.165, 1.54) is 49.6 Å². The van der Waals surface area contributed by atoms with Gasteiger partial charge in [0.05, 0.1) is 23.8 Å². The summed E-state index contributed by atoms with van der Waals surface area (Å²) in [6, 6.07) is 7.46. The molecule has 0 saturated heterocycles. The molecule has 9 heteroatoms. The third-order valence-corrected chi connectivity index (χ3v) is 4.08. The summed E-state index contributed by atoms with van der Waals surface area (Å²) in [4.78, 5) is 35.0. The molecule has 0 aliphatic heterocycles. The molecule has 1 atom stereocenters. The van der Waals surface area contributed by atoms with Crippen LogP contribution in [0.2, 0.25) is 0 Å². The molecule has 0 radical (unpaired) electrons. The van der Waals surface area contributed by atoms with Gasteiger partial charge in [0.25, 0.3) is 11.6 Å². The van der Waals surface area contributed by atoms with Crippen molar-refractivity contribution in [2.24, 2.45) is 0 Å². The highest BCUT2D eigenvalue weighted by Gasteiger charge is 2.19. The van der Waals surface area contributed by atoms with Crippen LogP contribution in [0, 0.1) is 10.1 Å². The highest BCUT2D eigenvalue weighted by molar-refractivity contribution is 7.10. The van der Waals surface area contributed by atoms with E-state index in [-0.39, 0.29) is 17.1 Å². The fourth-order valence-corrected chi connectivity index (χ4v) is 2.55. The van der Waals surface area contributed by atoms with E-state index in [9.17, 15) is 19.7 Å². The van der Waals surface area contributed by atoms with Gasteiger partial charge in [0, 0.05) is 17.0 Å². The van der Waals surface area contributed by atoms with Crippen LogP contribution in [0.25, 0.3) is 6.08 Å². The van der Waals surface area contributed by atoms with Crippen molar-refractivity contribution in [2.45, 2.75) is 13.0 Å². The Kier molecular flexibility index (Phi) is 6.45. The first-order chi connectivity index (χ1) is 12.4. The van der Waals surface area contributed by atoms with Crippen molar-refractivity contribution in [1.29, 1.82) is 0 Å². The highest BCUT2D eigenvalue weighted by atomic mass is 32.1. The predicted molar refractivity (Wildman–Crippen MR) is 97.2 cm³/mol. The lowest BCUT2D eigenvalue weighted by atomic mass is 10.2. The standard InChI is InChI=1S/C17H16N2O6S/c1-11(25-16(20)8-6-13-4-3-9-26-13)17(21)18-14-7-5-12(19(22)23)10-15(14)24-2/h3-11H,1-2H3,(H,18,21)/b8-6+/t11-/m1/s1. The molecular formula is C17H16N2O6S. The molecule has 0 saturated carbocycles. The molecule has 1 aromatic heterocycles. The summed E-state index contributed by atoms with van der Waals surface area (Å²) < 4.78 is 10.1. The van der Waals surface area contributed by atoms with E-state index in [0.717, 1.165) is 4.88 Å². The first-order valence-corrected chi connectivity index (χ1v) is 8.34. The van der Waals surface area contributed by atoms with E-state index in [1.807, 2.05) is 17.5 Å². The van der Waals surface area contributed by atoms with Gasteiger partial charge in [0.15, 0.2) is 6.10 Å². The monoisotopic (exact) mass is 376 g/mol. The maximum Gasteiger partial charge on any atom is 0.331 e. The first kappa shape index (κ1) is 19.1. The summed E-state index contributed by atoms with van der Waals surface area (Å²) in [5.74, 6) is -1.12. The highest BCUT2D eigenvalue weighted by Crippen LogP contribution is 2.29. The second kappa shape index (κ2) is 8.77. The van der Waals surface area contributed by atoms with Gasteiger partial charge in [-0.1, -0.05) is 6.07 Å². The van der Waals surface area contributed by atoms with Crippen LogP contribution in [0.5, 0.6) is 5.75 Å². The van der Waals surface area contributed by atoms with Crippen LogP contribution in [-0.4, -0.2) is 30.0 Å². The number of nitro benzene ring substituents is 1. The fourth-order valence-electron chi connectivity index (χ4n) is 1.93. The van der Waals surface area contributed by atoms with Crippen molar-refractivity contribution in [1.82, 2.24) is 0 Å². The molecular weight excluding hydrogens is 360 g/mol. The van der Waals surface area contributed by atoms with Crippen LogP contribution >= 0.6 is 11.3 Å². The molecule has 0 aliphatic rings. The van der Waals surface area contributed by atoms with Crippen LogP contribution in [-0.2, 0) is 14.3 Å². The van der Waals surface area contributed by atoms with E-state index in [4.69, 9.17) is 9.47 Å². The minimum absolute atomic E-state index is 0.128. The Morgan fingerprint density at radius 3 is 2.73 bits per heavy atom. The molecule has 0 aliphatic carbocycles. The average Bonchev–Trinajstić information content (AvgIpc) is 3.13. The van der Waals surface area contributed by atoms with Crippen molar-refractivity contribution in [3.8, 4) is 5.75 Å². The van der Waals surface area contributed by atoms with Crippen molar-refractivity contribution < 1.29 is 24.0 Å². The summed E-state index contributed by atoms with van der Waals surface area (Å²) in [6.45, 7) is 1.42. The summed E-state index contributed by atoms with van der Waals surface area (Å²) in [7, 11) is 1.33. The number of nitrogens with zero attached hydrogens (tertiary/aromatic N) is 1. The maximum atomic E-state index is 12.2. The number of methoxy groups -OCH3 is 1. The molecule has 0 fully saturated rings. The Hall–Kier alpha value is -3.20. The average molecular weight is 376 g/mol. The molecule has 136 valence electrons. The molecule has 1 heterocycles. The Bertz CT molecular complexity index is 832. The Morgan fingerprint density at radius 2 is 2.12 bits per heavy atom. The zero-order chi connectivity index (χ0) is 19.1. The van der Waals surface area contributed by atoms with Gasteiger partial charge in [-0.3, -0.25) is 14.9 Å². The van der Waals surface area contributed by atoms with E-state index >= 15 is 0 Å². The molecule has 26 heavy (non-hydrogen) atoms. The number of carbonyl (C=O) groups is 2. The molecule has 0 spiro atoms. The van der Waals surface area contributed by atoms with Gasteiger partial charge < -0.3 is 14.8 Å². The van der Waals surface area contributed by atoms with Crippen molar-refractivity contribution in [3.63, 3.8) is 0 Å². The van der Waals surface area contributed by atoms with Crippen LogP contribution in [0.4, 0.5) is 11.4 Å². The maximum absolute atomic E-state index is 12.2.